The second-order valence-electron chi connectivity index (χ2n) is 5.59. The van der Waals surface area contributed by atoms with Crippen molar-refractivity contribution in [3.8, 4) is 0 Å². The molecule has 19 heavy (non-hydrogen) atoms. The van der Waals surface area contributed by atoms with Crippen molar-refractivity contribution in [1.82, 2.24) is 10.1 Å². The van der Waals surface area contributed by atoms with E-state index in [9.17, 15) is 0 Å². The van der Waals surface area contributed by atoms with E-state index in [-0.39, 0.29) is 6.04 Å². The van der Waals surface area contributed by atoms with E-state index in [1.165, 1.54) is 32.1 Å². The number of hydrogen-bond acceptors (Lipinski definition) is 5. The summed E-state index contributed by atoms with van der Waals surface area (Å²) >= 11 is 0. The number of nitrogens with two attached hydrogens (primary N) is 1. The zero-order chi connectivity index (χ0) is 13.7. The highest BCUT2D eigenvalue weighted by Crippen LogP contribution is 2.35. The van der Waals surface area contributed by atoms with Gasteiger partial charge < -0.3 is 15.0 Å². The number of hydrogen-bond donors (Lipinski definition) is 1. The Kier molecular flexibility index (Phi) is 5.34. The summed E-state index contributed by atoms with van der Waals surface area (Å²) in [5.74, 6) is 2.86. The van der Waals surface area contributed by atoms with Gasteiger partial charge >= 0.3 is 0 Å². The summed E-state index contributed by atoms with van der Waals surface area (Å²) in [5, 5.41) is 4.12. The van der Waals surface area contributed by atoms with Gasteiger partial charge in [0.05, 0.1) is 6.61 Å². The lowest BCUT2D eigenvalue weighted by atomic mass is 9.80. The predicted molar refractivity (Wildman–Crippen MR) is 72.8 cm³/mol. The third-order valence-corrected chi connectivity index (χ3v) is 4.09. The van der Waals surface area contributed by atoms with Gasteiger partial charge in [0.15, 0.2) is 5.82 Å². The lowest BCUT2D eigenvalue weighted by Gasteiger charge is -2.25. The lowest BCUT2D eigenvalue weighted by molar-refractivity contribution is 0.176. The van der Waals surface area contributed by atoms with Gasteiger partial charge in [0.1, 0.15) is 0 Å². The molecule has 1 unspecified atom stereocenters. The van der Waals surface area contributed by atoms with E-state index < -0.39 is 0 Å². The topological polar surface area (TPSA) is 74.2 Å². The van der Waals surface area contributed by atoms with Gasteiger partial charge in [-0.05, 0) is 31.6 Å². The summed E-state index contributed by atoms with van der Waals surface area (Å²) in [6.45, 7) is 2.79. The van der Waals surface area contributed by atoms with Gasteiger partial charge in [0.2, 0.25) is 5.89 Å². The van der Waals surface area contributed by atoms with Crippen LogP contribution in [0.15, 0.2) is 4.52 Å². The lowest BCUT2D eigenvalue weighted by Crippen LogP contribution is -2.28. The molecule has 5 nitrogen and oxygen atoms in total. The quantitative estimate of drug-likeness (QED) is 0.855. The maximum absolute atomic E-state index is 5.89. The minimum Gasteiger partial charge on any atom is -0.383 e. The van der Waals surface area contributed by atoms with Gasteiger partial charge in [-0.15, -0.1) is 0 Å². The Balaban J connectivity index is 1.87. The molecule has 0 saturated heterocycles. The normalized spacial score (nSPS) is 25.4. The van der Waals surface area contributed by atoms with Crippen molar-refractivity contribution in [1.29, 1.82) is 0 Å². The first-order valence-corrected chi connectivity index (χ1v) is 7.29. The van der Waals surface area contributed by atoms with E-state index in [2.05, 4.69) is 17.1 Å². The third kappa shape index (κ3) is 4.01. The van der Waals surface area contributed by atoms with Crippen LogP contribution in [0.25, 0.3) is 0 Å². The van der Waals surface area contributed by atoms with Gasteiger partial charge in [-0.2, -0.15) is 4.98 Å². The highest BCUT2D eigenvalue weighted by Gasteiger charge is 2.25. The SMILES string of the molecule is CCC1CCC(c2noc(CC(N)COC)n2)CC1. The summed E-state index contributed by atoms with van der Waals surface area (Å²) in [7, 11) is 1.64. The molecule has 1 atom stereocenters. The van der Waals surface area contributed by atoms with Crippen molar-refractivity contribution < 1.29 is 9.26 Å². The molecule has 1 aromatic rings. The Bertz CT molecular complexity index is 373. The van der Waals surface area contributed by atoms with E-state index in [1.807, 2.05) is 0 Å². The van der Waals surface area contributed by atoms with Crippen LogP contribution in [0.5, 0.6) is 0 Å². The molecule has 0 bridgehead atoms. The maximum atomic E-state index is 5.89. The molecule has 1 aromatic heterocycles. The first-order valence-electron chi connectivity index (χ1n) is 7.29. The maximum Gasteiger partial charge on any atom is 0.228 e. The number of rotatable bonds is 6. The minimum atomic E-state index is -0.0749. The van der Waals surface area contributed by atoms with Crippen molar-refractivity contribution in [2.75, 3.05) is 13.7 Å². The van der Waals surface area contributed by atoms with Crippen LogP contribution in [0.1, 0.15) is 56.7 Å². The van der Waals surface area contributed by atoms with E-state index in [1.54, 1.807) is 7.11 Å². The second-order valence-corrected chi connectivity index (χ2v) is 5.59. The average Bonchev–Trinajstić information content (AvgIpc) is 2.87. The van der Waals surface area contributed by atoms with Crippen LogP contribution < -0.4 is 5.73 Å². The van der Waals surface area contributed by atoms with E-state index in [4.69, 9.17) is 15.0 Å². The fourth-order valence-corrected chi connectivity index (χ4v) is 2.84. The van der Waals surface area contributed by atoms with Crippen molar-refractivity contribution in [2.45, 2.75) is 57.4 Å². The summed E-state index contributed by atoms with van der Waals surface area (Å²) in [6, 6.07) is -0.0749. The van der Waals surface area contributed by atoms with E-state index in [0.717, 1.165) is 11.7 Å². The molecule has 108 valence electrons. The number of nitrogens with zero attached hydrogens (tertiary/aromatic N) is 2. The Morgan fingerprint density at radius 2 is 2.11 bits per heavy atom. The highest BCUT2D eigenvalue weighted by atomic mass is 16.5. The summed E-state index contributed by atoms with van der Waals surface area (Å²) < 4.78 is 10.3. The van der Waals surface area contributed by atoms with Gasteiger partial charge in [0, 0.05) is 25.5 Å². The third-order valence-electron chi connectivity index (χ3n) is 4.09. The van der Waals surface area contributed by atoms with Gasteiger partial charge in [-0.3, -0.25) is 0 Å². The van der Waals surface area contributed by atoms with Crippen molar-refractivity contribution in [3.63, 3.8) is 0 Å². The van der Waals surface area contributed by atoms with Crippen molar-refractivity contribution in [2.24, 2.45) is 11.7 Å². The van der Waals surface area contributed by atoms with Crippen LogP contribution in [-0.2, 0) is 11.2 Å². The van der Waals surface area contributed by atoms with Crippen LogP contribution in [-0.4, -0.2) is 29.9 Å². The summed E-state index contributed by atoms with van der Waals surface area (Å²) in [4.78, 5) is 4.49. The Hall–Kier alpha value is -0.940. The molecule has 1 saturated carbocycles. The molecule has 1 aliphatic rings. The van der Waals surface area contributed by atoms with Crippen LogP contribution in [0.4, 0.5) is 0 Å². The smallest absolute Gasteiger partial charge is 0.228 e. The van der Waals surface area contributed by atoms with Gasteiger partial charge in [-0.25, -0.2) is 0 Å². The molecule has 1 fully saturated rings. The molecular formula is C14H25N3O2. The minimum absolute atomic E-state index is 0.0749. The Labute approximate surface area is 114 Å². The highest BCUT2D eigenvalue weighted by molar-refractivity contribution is 4.98. The zero-order valence-corrected chi connectivity index (χ0v) is 12.0. The molecule has 1 aliphatic carbocycles. The van der Waals surface area contributed by atoms with Crippen molar-refractivity contribution in [3.05, 3.63) is 11.7 Å². The molecule has 0 amide bonds. The largest absolute Gasteiger partial charge is 0.383 e. The molecule has 2 rings (SSSR count). The number of ether oxygens (including phenoxy) is 1. The molecule has 5 heteroatoms. The van der Waals surface area contributed by atoms with Gasteiger partial charge in [0.25, 0.3) is 0 Å². The first kappa shape index (κ1) is 14.5. The predicted octanol–water partition coefficient (Wildman–Crippen LogP) is 2.27. The standard InChI is InChI=1S/C14H25N3O2/c1-3-10-4-6-11(7-5-10)14-16-13(19-17-14)8-12(15)9-18-2/h10-12H,3-9,15H2,1-2H3. The van der Waals surface area contributed by atoms with Crippen LogP contribution in [0.2, 0.25) is 0 Å². The number of aromatic nitrogens is 2. The fourth-order valence-electron chi connectivity index (χ4n) is 2.84. The van der Waals surface area contributed by atoms with Crippen LogP contribution in [0, 0.1) is 5.92 Å². The Morgan fingerprint density at radius 3 is 2.74 bits per heavy atom. The number of methoxy groups -OCH3 is 1. The van der Waals surface area contributed by atoms with Crippen molar-refractivity contribution >= 4 is 0 Å². The van der Waals surface area contributed by atoms with Crippen LogP contribution in [0.3, 0.4) is 0 Å². The first-order chi connectivity index (χ1) is 9.22. The monoisotopic (exact) mass is 267 g/mol. The fraction of sp³-hybridized carbons (Fsp3) is 0.857. The zero-order valence-electron chi connectivity index (χ0n) is 12.0. The molecule has 0 spiro atoms. The molecule has 1 heterocycles. The van der Waals surface area contributed by atoms with E-state index in [0.29, 0.717) is 24.8 Å². The molecule has 0 aromatic carbocycles. The van der Waals surface area contributed by atoms with E-state index >= 15 is 0 Å². The van der Waals surface area contributed by atoms with Crippen LogP contribution >= 0.6 is 0 Å². The molecule has 0 radical (unpaired) electrons. The summed E-state index contributed by atoms with van der Waals surface area (Å²) in [5.41, 5.74) is 5.89. The molecular weight excluding hydrogens is 242 g/mol. The van der Waals surface area contributed by atoms with Gasteiger partial charge in [-0.1, -0.05) is 18.5 Å². The Morgan fingerprint density at radius 1 is 1.37 bits per heavy atom. The molecule has 0 aliphatic heterocycles. The average molecular weight is 267 g/mol. The molecule has 2 N–H and O–H groups in total. The second kappa shape index (κ2) is 7.01. The summed E-state index contributed by atoms with van der Waals surface area (Å²) in [6.07, 6.45) is 6.81.